The number of pyridine rings is 1. The Morgan fingerprint density at radius 2 is 1.73 bits per heavy atom. The zero-order valence-electron chi connectivity index (χ0n) is 23.3. The molecule has 40 heavy (non-hydrogen) atoms. The quantitative estimate of drug-likeness (QED) is 0.242. The van der Waals surface area contributed by atoms with Crippen molar-refractivity contribution < 1.29 is 0 Å². The van der Waals surface area contributed by atoms with Gasteiger partial charge in [0.2, 0.25) is 0 Å². The van der Waals surface area contributed by atoms with Crippen LogP contribution in [0, 0.1) is 19.8 Å². The Bertz CT molecular complexity index is 1490. The highest BCUT2D eigenvalue weighted by molar-refractivity contribution is 7.80. The van der Waals surface area contributed by atoms with E-state index in [0.29, 0.717) is 5.11 Å². The maximum absolute atomic E-state index is 6.97. The molecule has 2 aliphatic rings. The third-order valence-electron chi connectivity index (χ3n) is 8.55. The van der Waals surface area contributed by atoms with Crippen molar-refractivity contribution in [2.45, 2.75) is 52.2 Å². The molecular weight excluding hydrogens is 534 g/mol. The van der Waals surface area contributed by atoms with Gasteiger partial charge in [-0.2, -0.15) is 0 Å². The number of hydrogen-bond acceptors (Lipinski definition) is 3. The number of benzene rings is 2. The number of piperidine rings is 1. The third-order valence-corrected chi connectivity index (χ3v) is 9.16. The lowest BCUT2D eigenvalue weighted by molar-refractivity contribution is 0.438. The van der Waals surface area contributed by atoms with Gasteiger partial charge in [0.15, 0.2) is 5.11 Å². The lowest BCUT2D eigenvalue weighted by Gasteiger charge is -2.33. The summed E-state index contributed by atoms with van der Waals surface area (Å²) < 4.78 is 2.40. The maximum atomic E-state index is 6.97. The molecule has 5 nitrogen and oxygen atoms in total. The summed E-state index contributed by atoms with van der Waals surface area (Å²) in [5, 5.41) is 5.06. The van der Waals surface area contributed by atoms with Crippen molar-refractivity contribution in [1.82, 2.24) is 14.9 Å². The van der Waals surface area contributed by atoms with Crippen LogP contribution >= 0.6 is 23.8 Å². The first-order chi connectivity index (χ1) is 19.4. The predicted octanol–water partition coefficient (Wildman–Crippen LogP) is 7.62. The summed E-state index contributed by atoms with van der Waals surface area (Å²) in [5.41, 5.74) is 8.04. The van der Waals surface area contributed by atoms with Crippen molar-refractivity contribution in [3.63, 3.8) is 0 Å². The SMILES string of the molecule is Cc1cc([C@@H]2[C@H](c3ccccn3)NC(=S)N2c2ccc(N3CCC(C)CC3)c(Cl)c2)c(C)n1Cc1ccccc1. The van der Waals surface area contributed by atoms with Crippen molar-refractivity contribution in [3.8, 4) is 0 Å². The van der Waals surface area contributed by atoms with Crippen molar-refractivity contribution >= 4 is 40.3 Å². The van der Waals surface area contributed by atoms with E-state index in [1.165, 1.54) is 35.4 Å². The van der Waals surface area contributed by atoms with Gasteiger partial charge in [0, 0.05) is 42.9 Å². The van der Waals surface area contributed by atoms with Crippen molar-refractivity contribution in [2.24, 2.45) is 5.92 Å². The lowest BCUT2D eigenvalue weighted by Crippen LogP contribution is -2.33. The number of anilines is 2. The Morgan fingerprint density at radius 1 is 0.975 bits per heavy atom. The van der Waals surface area contributed by atoms with E-state index in [-0.39, 0.29) is 12.1 Å². The summed E-state index contributed by atoms with van der Waals surface area (Å²) in [6, 6.07) is 25.3. The van der Waals surface area contributed by atoms with E-state index in [2.05, 4.69) is 101 Å². The zero-order chi connectivity index (χ0) is 27.8. The van der Waals surface area contributed by atoms with Crippen molar-refractivity contribution in [2.75, 3.05) is 22.9 Å². The molecule has 4 heterocycles. The minimum atomic E-state index is -0.0959. The number of hydrogen-bond donors (Lipinski definition) is 1. The fraction of sp³-hybridized carbons (Fsp3) is 0.333. The van der Waals surface area contributed by atoms with Gasteiger partial charge in [0.25, 0.3) is 0 Å². The summed E-state index contributed by atoms with van der Waals surface area (Å²) in [4.78, 5) is 9.38. The fourth-order valence-corrected chi connectivity index (χ4v) is 6.88. The Balaban J connectivity index is 1.40. The van der Waals surface area contributed by atoms with Crippen LogP contribution in [-0.2, 0) is 6.54 Å². The molecule has 206 valence electrons. The lowest BCUT2D eigenvalue weighted by atomic mass is 9.96. The van der Waals surface area contributed by atoms with Crippen molar-refractivity contribution in [1.29, 1.82) is 0 Å². The molecule has 0 spiro atoms. The molecule has 2 saturated heterocycles. The molecule has 0 bridgehead atoms. The van der Waals surface area contributed by atoms with Gasteiger partial charge in [-0.25, -0.2) is 0 Å². The van der Waals surface area contributed by atoms with Gasteiger partial charge < -0.3 is 19.7 Å². The van der Waals surface area contributed by atoms with E-state index in [0.717, 1.165) is 47.6 Å². The summed E-state index contributed by atoms with van der Waals surface area (Å²) in [6.07, 6.45) is 4.25. The molecule has 2 aliphatic heterocycles. The molecule has 0 saturated carbocycles. The third kappa shape index (κ3) is 5.11. The van der Waals surface area contributed by atoms with Crippen LogP contribution in [0.2, 0.25) is 5.02 Å². The highest BCUT2D eigenvalue weighted by atomic mass is 35.5. The Labute approximate surface area is 247 Å². The van der Waals surface area contributed by atoms with Crippen LogP contribution in [0.25, 0.3) is 0 Å². The molecule has 0 amide bonds. The maximum Gasteiger partial charge on any atom is 0.174 e. The molecule has 0 aliphatic carbocycles. The van der Waals surface area contributed by atoms with Crippen LogP contribution in [0.1, 0.15) is 60.1 Å². The van der Waals surface area contributed by atoms with Crippen LogP contribution in [0.15, 0.2) is 79.0 Å². The molecule has 0 radical (unpaired) electrons. The van der Waals surface area contributed by atoms with E-state index >= 15 is 0 Å². The summed E-state index contributed by atoms with van der Waals surface area (Å²) in [6.45, 7) is 9.65. The average molecular weight is 570 g/mol. The molecule has 2 aromatic heterocycles. The van der Waals surface area contributed by atoms with Crippen LogP contribution in [0.5, 0.6) is 0 Å². The average Bonchev–Trinajstić information content (AvgIpc) is 3.45. The minimum Gasteiger partial charge on any atom is -0.370 e. The molecule has 7 heteroatoms. The van der Waals surface area contributed by atoms with Crippen LogP contribution < -0.4 is 15.1 Å². The van der Waals surface area contributed by atoms with Gasteiger partial charge >= 0.3 is 0 Å². The highest BCUT2D eigenvalue weighted by Gasteiger charge is 2.42. The summed E-state index contributed by atoms with van der Waals surface area (Å²) >= 11 is 13.0. The van der Waals surface area contributed by atoms with Gasteiger partial charge in [-0.3, -0.25) is 4.98 Å². The van der Waals surface area contributed by atoms with Crippen LogP contribution in [-0.4, -0.2) is 27.8 Å². The number of nitrogens with zero attached hydrogens (tertiary/aromatic N) is 4. The number of halogens is 1. The number of thiocarbonyl (C=S) groups is 1. The normalized spacial score (nSPS) is 19.8. The molecule has 6 rings (SSSR count). The molecule has 2 aromatic carbocycles. The van der Waals surface area contributed by atoms with Gasteiger partial charge in [-0.15, -0.1) is 0 Å². The first-order valence-electron chi connectivity index (χ1n) is 14.2. The highest BCUT2D eigenvalue weighted by Crippen LogP contribution is 2.45. The van der Waals surface area contributed by atoms with Gasteiger partial charge in [0.1, 0.15) is 0 Å². The second-order valence-corrected chi connectivity index (χ2v) is 12.0. The summed E-state index contributed by atoms with van der Waals surface area (Å²) in [5.74, 6) is 0.771. The van der Waals surface area contributed by atoms with Gasteiger partial charge in [-0.05, 0) is 92.4 Å². The molecule has 4 aromatic rings. The second-order valence-electron chi connectivity index (χ2n) is 11.2. The molecule has 0 unspecified atom stereocenters. The van der Waals surface area contributed by atoms with E-state index in [1.54, 1.807) is 0 Å². The largest absolute Gasteiger partial charge is 0.370 e. The zero-order valence-corrected chi connectivity index (χ0v) is 24.9. The van der Waals surface area contributed by atoms with E-state index < -0.39 is 0 Å². The first kappa shape index (κ1) is 26.9. The monoisotopic (exact) mass is 569 g/mol. The number of rotatable bonds is 6. The molecule has 2 fully saturated rings. The first-order valence-corrected chi connectivity index (χ1v) is 14.9. The number of aromatic nitrogens is 2. The minimum absolute atomic E-state index is 0.0733. The Hall–Kier alpha value is -3.35. The van der Waals surface area contributed by atoms with E-state index in [1.807, 2.05) is 18.3 Å². The van der Waals surface area contributed by atoms with Gasteiger partial charge in [-0.1, -0.05) is 54.9 Å². The van der Waals surface area contributed by atoms with E-state index in [4.69, 9.17) is 28.8 Å². The van der Waals surface area contributed by atoms with Crippen LogP contribution in [0.4, 0.5) is 11.4 Å². The second kappa shape index (κ2) is 11.3. The molecular formula is C33H36ClN5S. The number of aryl methyl sites for hydroxylation is 1. The number of nitrogens with one attached hydrogen (secondary N) is 1. The molecule has 1 N–H and O–H groups in total. The van der Waals surface area contributed by atoms with E-state index in [9.17, 15) is 0 Å². The Morgan fingerprint density at radius 3 is 2.42 bits per heavy atom. The topological polar surface area (TPSA) is 36.3 Å². The summed E-state index contributed by atoms with van der Waals surface area (Å²) in [7, 11) is 0. The fourth-order valence-electron chi connectivity index (χ4n) is 6.24. The Kier molecular flexibility index (Phi) is 7.56. The van der Waals surface area contributed by atoms with Gasteiger partial charge in [0.05, 0.1) is 28.5 Å². The van der Waals surface area contributed by atoms with Crippen molar-refractivity contribution in [3.05, 3.63) is 112 Å². The van der Waals surface area contributed by atoms with Crippen LogP contribution in [0.3, 0.4) is 0 Å². The predicted molar refractivity (Wildman–Crippen MR) is 169 cm³/mol. The standard InChI is InChI=1S/C33H36ClN5S/c1-22-14-17-37(18-15-22)30-13-12-26(20-28(30)34)39-32(31(36-33(39)40)29-11-7-8-16-35-29)27-19-23(2)38(24(27)3)21-25-9-5-4-6-10-25/h4-13,16,19-20,22,31-32H,14-15,17-18,21H2,1-3H3,(H,36,40)/t31-,32+/m0/s1. The smallest absolute Gasteiger partial charge is 0.174 e. The molecule has 2 atom stereocenters.